The Morgan fingerprint density at radius 2 is 1.73 bits per heavy atom. The lowest BCUT2D eigenvalue weighted by Crippen LogP contribution is -2.33. The Morgan fingerprint density at radius 1 is 1.20 bits per heavy atom. The molecule has 0 aliphatic heterocycles. The molecule has 1 aromatic heterocycles. The number of rotatable bonds is 2. The second kappa shape index (κ2) is 3.82. The molecule has 1 unspecified atom stereocenters. The zero-order chi connectivity index (χ0) is 11.9. The molecule has 1 aromatic rings. The van der Waals surface area contributed by atoms with Gasteiger partial charge in [-0.3, -0.25) is 0 Å². The summed E-state index contributed by atoms with van der Waals surface area (Å²) < 4.78 is 61.0. The van der Waals surface area contributed by atoms with Gasteiger partial charge in [-0.25, -0.2) is 0 Å². The van der Waals surface area contributed by atoms with E-state index in [1.54, 1.807) is 0 Å². The molecule has 2 nitrogen and oxygen atoms in total. The number of hydrogen-bond acceptors (Lipinski definition) is 3. The van der Waals surface area contributed by atoms with E-state index in [0.717, 1.165) is 0 Å². The molecule has 0 saturated heterocycles. The maximum atomic E-state index is 12.7. The fourth-order valence-corrected chi connectivity index (χ4v) is 1.59. The third kappa shape index (κ3) is 2.36. The summed E-state index contributed by atoms with van der Waals surface area (Å²) in [5.41, 5.74) is 0. The van der Waals surface area contributed by atoms with Crippen molar-refractivity contribution in [2.45, 2.75) is 24.4 Å². The summed E-state index contributed by atoms with van der Waals surface area (Å²) in [6.45, 7) is 1.40. The lowest BCUT2D eigenvalue weighted by atomic mass is 10.3. The molecule has 1 heterocycles. The molecular weight excluding hydrogens is 263 g/mol. The number of nitrogens with zero attached hydrogens (tertiary/aromatic N) is 2. The van der Waals surface area contributed by atoms with Gasteiger partial charge in [-0.15, -0.1) is 21.8 Å². The van der Waals surface area contributed by atoms with Crippen molar-refractivity contribution >= 4 is 22.9 Å². The minimum Gasteiger partial charge on any atom is -0.188 e. The first-order valence-corrected chi connectivity index (χ1v) is 4.84. The first-order valence-electron chi connectivity index (χ1n) is 3.58. The lowest BCUT2D eigenvalue weighted by molar-refractivity contribution is -0.289. The Morgan fingerprint density at radius 3 is 2.07 bits per heavy atom. The van der Waals surface area contributed by atoms with E-state index in [0.29, 0.717) is 0 Å². The molecule has 0 spiro atoms. The van der Waals surface area contributed by atoms with Gasteiger partial charge in [0.2, 0.25) is 0 Å². The normalized spacial score (nSPS) is 15.4. The smallest absolute Gasteiger partial charge is 0.188 e. The van der Waals surface area contributed by atoms with Crippen molar-refractivity contribution in [2.24, 2.45) is 0 Å². The molecule has 0 amide bonds. The lowest BCUT2D eigenvalue weighted by Gasteiger charge is -2.15. The average molecular weight is 267 g/mol. The van der Waals surface area contributed by atoms with Crippen LogP contribution in [0.2, 0.25) is 0 Å². The molecule has 0 saturated carbocycles. The largest absolute Gasteiger partial charge is 0.460 e. The number of halogens is 6. The van der Waals surface area contributed by atoms with Crippen molar-refractivity contribution in [3.8, 4) is 0 Å². The van der Waals surface area contributed by atoms with Crippen LogP contribution in [0.25, 0.3) is 0 Å². The Kier molecular flexibility index (Phi) is 3.20. The van der Waals surface area contributed by atoms with Gasteiger partial charge in [0, 0.05) is 0 Å². The fourth-order valence-electron chi connectivity index (χ4n) is 0.643. The molecule has 0 radical (unpaired) electrons. The van der Waals surface area contributed by atoms with Gasteiger partial charge < -0.3 is 0 Å². The van der Waals surface area contributed by atoms with Crippen LogP contribution in [0.4, 0.5) is 22.0 Å². The van der Waals surface area contributed by atoms with Crippen LogP contribution < -0.4 is 0 Å². The third-order valence-electron chi connectivity index (χ3n) is 1.41. The van der Waals surface area contributed by atoms with E-state index in [1.165, 1.54) is 6.92 Å². The Bertz CT molecular complexity index is 348. The highest BCUT2D eigenvalue weighted by Crippen LogP contribution is 2.45. The quantitative estimate of drug-likeness (QED) is 0.605. The molecule has 0 aliphatic carbocycles. The molecule has 0 aromatic carbocycles. The van der Waals surface area contributed by atoms with Crippen molar-refractivity contribution in [3.05, 3.63) is 10.0 Å². The standard InChI is InChI=1S/C6H4ClF5N2S/c1-2(7)3-13-14-4(15-3)5(8,9)6(10,11)12/h2H,1H3. The maximum Gasteiger partial charge on any atom is 0.460 e. The second-order valence-electron chi connectivity index (χ2n) is 2.63. The van der Waals surface area contributed by atoms with Crippen LogP contribution in [0, 0.1) is 0 Å². The van der Waals surface area contributed by atoms with Gasteiger partial charge >= 0.3 is 12.1 Å². The first kappa shape index (κ1) is 12.6. The van der Waals surface area contributed by atoms with Crippen LogP contribution in [-0.2, 0) is 5.92 Å². The average Bonchev–Trinajstić information content (AvgIpc) is 2.49. The number of aromatic nitrogens is 2. The predicted molar refractivity (Wildman–Crippen MR) is 44.1 cm³/mol. The van der Waals surface area contributed by atoms with E-state index >= 15 is 0 Å². The maximum absolute atomic E-state index is 12.7. The minimum absolute atomic E-state index is 0.0735. The van der Waals surface area contributed by atoms with Crippen LogP contribution in [0.15, 0.2) is 0 Å². The summed E-state index contributed by atoms with van der Waals surface area (Å²) >= 11 is 5.61. The van der Waals surface area contributed by atoms with Gasteiger partial charge in [0.1, 0.15) is 5.01 Å². The second-order valence-corrected chi connectivity index (χ2v) is 4.30. The highest BCUT2D eigenvalue weighted by molar-refractivity contribution is 7.11. The Hall–Kier alpha value is -0.500. The van der Waals surface area contributed by atoms with Crippen molar-refractivity contribution in [1.82, 2.24) is 10.2 Å². The summed E-state index contributed by atoms with van der Waals surface area (Å²) in [6, 6.07) is 0. The molecule has 15 heavy (non-hydrogen) atoms. The van der Waals surface area contributed by atoms with Crippen LogP contribution in [0.5, 0.6) is 0 Å². The molecule has 0 N–H and O–H groups in total. The van der Waals surface area contributed by atoms with E-state index in [2.05, 4.69) is 10.2 Å². The SMILES string of the molecule is CC(Cl)c1nnc(C(F)(F)C(F)(F)F)s1. The topological polar surface area (TPSA) is 25.8 Å². The Labute approximate surface area is 90.1 Å². The molecular formula is C6H4ClF5N2S. The molecule has 1 rings (SSSR count). The monoisotopic (exact) mass is 266 g/mol. The van der Waals surface area contributed by atoms with Gasteiger partial charge in [0.05, 0.1) is 5.38 Å². The summed E-state index contributed by atoms with van der Waals surface area (Å²) in [6.07, 6.45) is -5.67. The highest BCUT2D eigenvalue weighted by Gasteiger charge is 2.61. The van der Waals surface area contributed by atoms with Crippen molar-refractivity contribution < 1.29 is 22.0 Å². The summed E-state index contributed by atoms with van der Waals surface area (Å²) in [4.78, 5) is 0. The van der Waals surface area contributed by atoms with E-state index in [1.807, 2.05) is 0 Å². The van der Waals surface area contributed by atoms with Crippen LogP contribution in [0.1, 0.15) is 22.3 Å². The molecule has 0 fully saturated rings. The van der Waals surface area contributed by atoms with Crippen LogP contribution in [-0.4, -0.2) is 16.4 Å². The summed E-state index contributed by atoms with van der Waals surface area (Å²) in [5.74, 6) is -4.98. The number of hydrogen-bond donors (Lipinski definition) is 0. The third-order valence-corrected chi connectivity index (χ3v) is 2.92. The molecule has 9 heteroatoms. The summed E-state index contributed by atoms with van der Waals surface area (Å²) in [7, 11) is 0. The Balaban J connectivity index is 3.06. The van der Waals surface area contributed by atoms with Gasteiger partial charge in [0.25, 0.3) is 0 Å². The zero-order valence-corrected chi connectivity index (χ0v) is 8.72. The van der Waals surface area contributed by atoms with Crippen LogP contribution in [0.3, 0.4) is 0 Å². The predicted octanol–water partition coefficient (Wildman–Crippen LogP) is 3.49. The van der Waals surface area contributed by atoms with Crippen molar-refractivity contribution in [3.63, 3.8) is 0 Å². The van der Waals surface area contributed by atoms with Gasteiger partial charge in [0.15, 0.2) is 5.01 Å². The number of alkyl halides is 6. The molecule has 86 valence electrons. The molecule has 1 atom stereocenters. The van der Waals surface area contributed by atoms with Gasteiger partial charge in [-0.2, -0.15) is 22.0 Å². The van der Waals surface area contributed by atoms with E-state index in [9.17, 15) is 22.0 Å². The van der Waals surface area contributed by atoms with Crippen LogP contribution >= 0.6 is 22.9 Å². The highest BCUT2D eigenvalue weighted by atomic mass is 35.5. The van der Waals surface area contributed by atoms with Crippen molar-refractivity contribution in [1.29, 1.82) is 0 Å². The van der Waals surface area contributed by atoms with Crippen molar-refractivity contribution in [2.75, 3.05) is 0 Å². The zero-order valence-electron chi connectivity index (χ0n) is 7.15. The van der Waals surface area contributed by atoms with E-state index < -0.39 is 22.5 Å². The molecule has 0 bridgehead atoms. The van der Waals surface area contributed by atoms with Gasteiger partial charge in [-0.1, -0.05) is 11.3 Å². The van der Waals surface area contributed by atoms with Gasteiger partial charge in [-0.05, 0) is 6.92 Å². The summed E-state index contributed by atoms with van der Waals surface area (Å²) in [5, 5.41) is 3.73. The first-order chi connectivity index (χ1) is 6.66. The fraction of sp³-hybridized carbons (Fsp3) is 0.667. The van der Waals surface area contributed by atoms with E-state index in [-0.39, 0.29) is 16.3 Å². The van der Waals surface area contributed by atoms with E-state index in [4.69, 9.17) is 11.6 Å². The molecule has 0 aliphatic rings. The minimum atomic E-state index is -5.67.